The van der Waals surface area contributed by atoms with E-state index in [1.807, 2.05) is 26.0 Å². The summed E-state index contributed by atoms with van der Waals surface area (Å²) >= 11 is 6.33. The molecular formula is C22H18BClF3N5O. The normalized spacial score (nSPS) is 11.5. The first-order valence-electron chi connectivity index (χ1n) is 10.0. The van der Waals surface area contributed by atoms with Crippen LogP contribution >= 0.6 is 11.6 Å². The van der Waals surface area contributed by atoms with E-state index in [1.165, 1.54) is 12.1 Å². The van der Waals surface area contributed by atoms with Crippen molar-refractivity contribution in [1.82, 2.24) is 19.9 Å². The van der Waals surface area contributed by atoms with Crippen LogP contribution in [0.3, 0.4) is 0 Å². The summed E-state index contributed by atoms with van der Waals surface area (Å²) in [6, 6.07) is 13.8. The summed E-state index contributed by atoms with van der Waals surface area (Å²) in [5.41, 5.74) is 1.51. The van der Waals surface area contributed by atoms with Crippen LogP contribution < -0.4 is 16.1 Å². The number of benzene rings is 2. The van der Waals surface area contributed by atoms with Gasteiger partial charge in [-0.15, -0.1) is 0 Å². The molecule has 0 radical (unpaired) electrons. The van der Waals surface area contributed by atoms with Gasteiger partial charge in [-0.1, -0.05) is 41.9 Å². The Bertz CT molecular complexity index is 1330. The number of carbonyl (C=O) groups excluding carboxylic acids is 1. The largest absolute Gasteiger partial charge is 0.417 e. The van der Waals surface area contributed by atoms with Crippen molar-refractivity contribution < 1.29 is 18.0 Å². The lowest BCUT2D eigenvalue weighted by Gasteiger charge is -2.14. The molecule has 2 aromatic heterocycles. The van der Waals surface area contributed by atoms with E-state index >= 15 is 0 Å². The fourth-order valence-electron chi connectivity index (χ4n) is 3.40. The van der Waals surface area contributed by atoms with Crippen LogP contribution in [0.15, 0.2) is 60.8 Å². The molecule has 4 aromatic rings. The molecule has 0 unspecified atom stereocenters. The molecule has 0 saturated heterocycles. The maximum Gasteiger partial charge on any atom is 0.417 e. The number of alkyl halides is 3. The first-order chi connectivity index (χ1) is 15.8. The highest BCUT2D eigenvalue weighted by Gasteiger charge is 2.34. The molecule has 0 aliphatic heterocycles. The number of hydrogen-bond donors (Lipinski definition) is 2. The first-order valence-corrected chi connectivity index (χ1v) is 10.4. The molecular weight excluding hydrogens is 454 g/mol. The molecule has 168 valence electrons. The molecule has 0 fully saturated rings. The number of amides is 1. The molecule has 1 amide bonds. The number of nitrogens with zero attached hydrogens (tertiary/aromatic N) is 3. The molecule has 2 aromatic carbocycles. The molecule has 0 aliphatic rings. The number of rotatable bonds is 6. The van der Waals surface area contributed by atoms with Crippen LogP contribution in [0, 0.1) is 0 Å². The smallest absolute Gasteiger partial charge is 0.368 e. The molecule has 0 aliphatic carbocycles. The van der Waals surface area contributed by atoms with Crippen LogP contribution in [0.25, 0.3) is 16.9 Å². The molecule has 0 spiro atoms. The third kappa shape index (κ3) is 4.80. The lowest BCUT2D eigenvalue weighted by Crippen LogP contribution is -2.30. The minimum absolute atomic E-state index is 0.0938. The number of halogens is 4. The van der Waals surface area contributed by atoms with Crippen molar-refractivity contribution in [3.63, 3.8) is 0 Å². The standard InChI is InChI=1S/C22H18BClF3N5O/c23-16-12-30-32-19(11-18(31-20(16)32)14-6-2-4-8-17(14)24)28-9-10-29-21(33)13-5-1-3-7-15(13)22(25,26)27/h1-8,11-12,28H,9-10,23H2,(H,29,33). The van der Waals surface area contributed by atoms with Crippen molar-refractivity contribution in [2.24, 2.45) is 0 Å². The van der Waals surface area contributed by atoms with Gasteiger partial charge in [0.15, 0.2) is 5.65 Å². The van der Waals surface area contributed by atoms with Crippen molar-refractivity contribution in [3.05, 3.63) is 76.9 Å². The van der Waals surface area contributed by atoms with E-state index < -0.39 is 23.2 Å². The van der Waals surface area contributed by atoms with Gasteiger partial charge in [0, 0.05) is 35.9 Å². The molecule has 33 heavy (non-hydrogen) atoms. The Morgan fingerprint density at radius 2 is 1.82 bits per heavy atom. The van der Waals surface area contributed by atoms with Gasteiger partial charge in [0.1, 0.15) is 13.7 Å². The third-order valence-corrected chi connectivity index (χ3v) is 5.32. The molecule has 0 atom stereocenters. The fourth-order valence-corrected chi connectivity index (χ4v) is 3.63. The summed E-state index contributed by atoms with van der Waals surface area (Å²) in [6.45, 7) is 0.344. The van der Waals surface area contributed by atoms with E-state index in [-0.39, 0.29) is 13.1 Å². The summed E-state index contributed by atoms with van der Waals surface area (Å²) in [4.78, 5) is 17.0. The van der Waals surface area contributed by atoms with Gasteiger partial charge in [-0.25, -0.2) is 4.98 Å². The van der Waals surface area contributed by atoms with Crippen LogP contribution in [0.1, 0.15) is 15.9 Å². The maximum absolute atomic E-state index is 13.2. The quantitative estimate of drug-likeness (QED) is 0.335. The first kappa shape index (κ1) is 22.7. The van der Waals surface area contributed by atoms with E-state index in [0.29, 0.717) is 22.2 Å². The Balaban J connectivity index is 1.50. The lowest BCUT2D eigenvalue weighted by atomic mass is 10.0. The van der Waals surface area contributed by atoms with Crippen LogP contribution in [-0.2, 0) is 6.18 Å². The van der Waals surface area contributed by atoms with Gasteiger partial charge in [0.25, 0.3) is 5.91 Å². The average molecular weight is 472 g/mol. The second kappa shape index (κ2) is 9.15. The van der Waals surface area contributed by atoms with Gasteiger partial charge in [-0.3, -0.25) is 4.79 Å². The van der Waals surface area contributed by atoms with E-state index in [9.17, 15) is 18.0 Å². The topological polar surface area (TPSA) is 71.3 Å². The number of hydrogen-bond acceptors (Lipinski definition) is 4. The molecule has 4 rings (SSSR count). The van der Waals surface area contributed by atoms with E-state index in [2.05, 4.69) is 20.7 Å². The molecule has 11 heteroatoms. The second-order valence-corrected chi connectivity index (χ2v) is 7.70. The predicted molar refractivity (Wildman–Crippen MR) is 124 cm³/mol. The Labute approximate surface area is 193 Å². The zero-order valence-corrected chi connectivity index (χ0v) is 18.2. The number of aromatic nitrogens is 3. The minimum atomic E-state index is -4.61. The van der Waals surface area contributed by atoms with Crippen molar-refractivity contribution in [2.75, 3.05) is 18.4 Å². The SMILES string of the molecule is Bc1cnn2c(NCCNC(=O)c3ccccc3C(F)(F)F)cc(-c3ccccc3Cl)nc12. The highest BCUT2D eigenvalue weighted by molar-refractivity contribution is 6.36. The Kier molecular flexibility index (Phi) is 6.28. The summed E-state index contributed by atoms with van der Waals surface area (Å²) in [7, 11) is 1.88. The van der Waals surface area contributed by atoms with E-state index in [1.54, 1.807) is 22.8 Å². The van der Waals surface area contributed by atoms with Crippen molar-refractivity contribution in [3.8, 4) is 11.3 Å². The highest BCUT2D eigenvalue weighted by Crippen LogP contribution is 2.32. The van der Waals surface area contributed by atoms with Gasteiger partial charge in [-0.2, -0.15) is 22.8 Å². The average Bonchev–Trinajstić information content (AvgIpc) is 3.17. The molecule has 6 nitrogen and oxygen atoms in total. The zero-order valence-electron chi connectivity index (χ0n) is 17.4. The van der Waals surface area contributed by atoms with Crippen LogP contribution in [0.4, 0.5) is 19.0 Å². The maximum atomic E-state index is 13.2. The Morgan fingerprint density at radius 1 is 1.09 bits per heavy atom. The van der Waals surface area contributed by atoms with Crippen molar-refractivity contribution >= 4 is 42.3 Å². The Hall–Kier alpha value is -3.53. The van der Waals surface area contributed by atoms with E-state index in [4.69, 9.17) is 11.6 Å². The van der Waals surface area contributed by atoms with Crippen LogP contribution in [-0.4, -0.2) is 41.4 Å². The van der Waals surface area contributed by atoms with Gasteiger partial charge < -0.3 is 10.6 Å². The van der Waals surface area contributed by atoms with Gasteiger partial charge in [-0.05, 0) is 23.7 Å². The van der Waals surface area contributed by atoms with Crippen LogP contribution in [0.2, 0.25) is 5.02 Å². The molecule has 2 N–H and O–H groups in total. The van der Waals surface area contributed by atoms with Gasteiger partial charge in [0.05, 0.1) is 16.8 Å². The monoisotopic (exact) mass is 471 g/mol. The Morgan fingerprint density at radius 3 is 2.58 bits per heavy atom. The zero-order chi connectivity index (χ0) is 23.6. The van der Waals surface area contributed by atoms with Crippen molar-refractivity contribution in [1.29, 1.82) is 0 Å². The molecule has 0 saturated carbocycles. The lowest BCUT2D eigenvalue weighted by molar-refractivity contribution is -0.137. The van der Waals surface area contributed by atoms with Crippen molar-refractivity contribution in [2.45, 2.75) is 6.18 Å². The number of carbonyl (C=O) groups is 1. The summed E-state index contributed by atoms with van der Waals surface area (Å²) in [6.07, 6.45) is -2.93. The second-order valence-electron chi connectivity index (χ2n) is 7.30. The van der Waals surface area contributed by atoms with Gasteiger partial charge >= 0.3 is 6.18 Å². The summed E-state index contributed by atoms with van der Waals surface area (Å²) < 4.78 is 41.1. The number of fused-ring (bicyclic) bond motifs is 1. The third-order valence-electron chi connectivity index (χ3n) is 4.99. The molecule has 0 bridgehead atoms. The highest BCUT2D eigenvalue weighted by atomic mass is 35.5. The van der Waals surface area contributed by atoms with Gasteiger partial charge in [0.2, 0.25) is 0 Å². The minimum Gasteiger partial charge on any atom is -0.368 e. The summed E-state index contributed by atoms with van der Waals surface area (Å²) in [5.74, 6) is -0.191. The fraction of sp³-hybridized carbons (Fsp3) is 0.136. The molecule has 2 heterocycles. The van der Waals surface area contributed by atoms with Crippen LogP contribution in [0.5, 0.6) is 0 Å². The predicted octanol–water partition coefficient (Wildman–Crippen LogP) is 3.17. The van der Waals surface area contributed by atoms with E-state index in [0.717, 1.165) is 23.2 Å². The summed E-state index contributed by atoms with van der Waals surface area (Å²) in [5, 5.41) is 10.6. The number of nitrogens with one attached hydrogen (secondary N) is 2. The number of anilines is 1.